The van der Waals surface area contributed by atoms with Crippen molar-refractivity contribution in [2.45, 2.75) is 59.8 Å². The van der Waals surface area contributed by atoms with Gasteiger partial charge in [-0.15, -0.1) is 4.73 Å². The van der Waals surface area contributed by atoms with E-state index in [0.29, 0.717) is 22.9 Å². The predicted octanol–water partition coefficient (Wildman–Crippen LogP) is 1.83. The second-order valence-electron chi connectivity index (χ2n) is 8.40. The molecule has 3 heterocycles. The highest BCUT2D eigenvalue weighted by molar-refractivity contribution is 5.80. The third-order valence-corrected chi connectivity index (χ3v) is 6.96. The van der Waals surface area contributed by atoms with Crippen LogP contribution in [0.5, 0.6) is 0 Å². The third kappa shape index (κ3) is 1.67. The summed E-state index contributed by atoms with van der Waals surface area (Å²) >= 11 is 0. The van der Waals surface area contributed by atoms with E-state index in [9.17, 15) is 10.0 Å². The van der Waals surface area contributed by atoms with Gasteiger partial charge >= 0.3 is 5.69 Å². The van der Waals surface area contributed by atoms with Gasteiger partial charge in [0.25, 0.3) is 0 Å². The Kier molecular flexibility index (Phi) is 3.06. The maximum absolute atomic E-state index is 11.9. The van der Waals surface area contributed by atoms with Gasteiger partial charge in [0.2, 0.25) is 0 Å². The monoisotopic (exact) mass is 337 g/mol. The van der Waals surface area contributed by atoms with Gasteiger partial charge < -0.3 is 25.9 Å². The van der Waals surface area contributed by atoms with E-state index in [1.165, 1.54) is 0 Å². The maximum atomic E-state index is 11.9. The number of nitrogens with two attached hydrogens (primary N) is 1. The van der Waals surface area contributed by atoms with E-state index < -0.39 is 11.4 Å². The van der Waals surface area contributed by atoms with Crippen LogP contribution >= 0.6 is 0 Å². The molecule has 0 amide bonds. The Morgan fingerprint density at radius 1 is 1.17 bits per heavy atom. The summed E-state index contributed by atoms with van der Waals surface area (Å²) in [5.74, 6) is 0.359. The Bertz CT molecular complexity index is 768. The number of anilines is 3. The number of nitrogen functional groups attached to an aromatic ring is 1. The van der Waals surface area contributed by atoms with Crippen LogP contribution in [-0.2, 0) is 4.74 Å². The van der Waals surface area contributed by atoms with E-state index in [1.807, 2.05) is 11.8 Å². The SMILES string of the molecule is CC1(C)OC(C)(N2CNc3c2nc(=O)n(O)c3N)C(C)(C)C1(C)C. The van der Waals surface area contributed by atoms with Crippen molar-refractivity contribution < 1.29 is 9.94 Å². The number of hydrogen-bond donors (Lipinski definition) is 3. The topological polar surface area (TPSA) is 106 Å². The summed E-state index contributed by atoms with van der Waals surface area (Å²) in [6, 6.07) is 0. The lowest BCUT2D eigenvalue weighted by Crippen LogP contribution is -2.57. The van der Waals surface area contributed by atoms with Crippen LogP contribution in [0.4, 0.5) is 17.3 Å². The van der Waals surface area contributed by atoms with Crippen LogP contribution in [0.2, 0.25) is 0 Å². The van der Waals surface area contributed by atoms with Crippen LogP contribution in [0.3, 0.4) is 0 Å². The van der Waals surface area contributed by atoms with Gasteiger partial charge in [-0.2, -0.15) is 4.98 Å². The highest BCUT2D eigenvalue weighted by Crippen LogP contribution is 2.64. The molecule has 4 N–H and O–H groups in total. The fraction of sp³-hybridized carbons (Fsp3) is 0.750. The Hall–Kier alpha value is -1.96. The van der Waals surface area contributed by atoms with Crippen molar-refractivity contribution in [3.05, 3.63) is 10.5 Å². The van der Waals surface area contributed by atoms with E-state index in [4.69, 9.17) is 10.5 Å². The number of aromatic nitrogens is 2. The summed E-state index contributed by atoms with van der Waals surface area (Å²) in [7, 11) is 0. The quantitative estimate of drug-likeness (QED) is 0.671. The van der Waals surface area contributed by atoms with Crippen molar-refractivity contribution in [1.29, 1.82) is 0 Å². The Morgan fingerprint density at radius 2 is 1.75 bits per heavy atom. The molecule has 1 aromatic rings. The molecule has 0 radical (unpaired) electrons. The first kappa shape index (κ1) is 16.9. The lowest BCUT2D eigenvalue weighted by molar-refractivity contribution is -0.105. The first-order valence-electron chi connectivity index (χ1n) is 8.11. The Morgan fingerprint density at radius 3 is 2.25 bits per heavy atom. The Balaban J connectivity index is 2.18. The zero-order chi connectivity index (χ0) is 18.3. The maximum Gasteiger partial charge on any atom is 0.384 e. The molecule has 2 aliphatic rings. The fourth-order valence-electron chi connectivity index (χ4n) is 3.95. The second kappa shape index (κ2) is 4.36. The summed E-state index contributed by atoms with van der Waals surface area (Å²) < 4.78 is 6.90. The number of rotatable bonds is 1. The van der Waals surface area contributed by atoms with Crippen molar-refractivity contribution in [3.8, 4) is 0 Å². The lowest BCUT2D eigenvalue weighted by Gasteiger charge is -2.48. The molecule has 0 aromatic carbocycles. The molecule has 24 heavy (non-hydrogen) atoms. The number of ether oxygens (including phenoxy) is 1. The molecule has 2 aliphatic heterocycles. The van der Waals surface area contributed by atoms with E-state index >= 15 is 0 Å². The zero-order valence-electron chi connectivity index (χ0n) is 15.4. The lowest BCUT2D eigenvalue weighted by atomic mass is 9.59. The molecule has 0 spiro atoms. The number of fused-ring (bicyclic) bond motifs is 1. The van der Waals surface area contributed by atoms with Crippen molar-refractivity contribution in [2.24, 2.45) is 10.8 Å². The Labute approximate surface area is 141 Å². The van der Waals surface area contributed by atoms with Gasteiger partial charge in [-0.05, 0) is 20.8 Å². The van der Waals surface area contributed by atoms with Gasteiger partial charge in [-0.1, -0.05) is 27.7 Å². The molecule has 8 nitrogen and oxygen atoms in total. The number of hydrogen-bond acceptors (Lipinski definition) is 7. The number of nitrogens with zero attached hydrogens (tertiary/aromatic N) is 3. The van der Waals surface area contributed by atoms with Crippen molar-refractivity contribution in [1.82, 2.24) is 9.71 Å². The third-order valence-electron chi connectivity index (χ3n) is 6.96. The van der Waals surface area contributed by atoms with E-state index in [-0.39, 0.29) is 22.2 Å². The van der Waals surface area contributed by atoms with Gasteiger partial charge in [0.1, 0.15) is 11.4 Å². The summed E-state index contributed by atoms with van der Waals surface area (Å²) in [5, 5.41) is 12.8. The fourth-order valence-corrected chi connectivity index (χ4v) is 3.95. The minimum atomic E-state index is -0.808. The normalized spacial score (nSPS) is 29.4. The van der Waals surface area contributed by atoms with Gasteiger partial charge in [-0.3, -0.25) is 0 Å². The summed E-state index contributed by atoms with van der Waals surface area (Å²) in [6.45, 7) is 15.3. The molecule has 1 unspecified atom stereocenters. The molecule has 134 valence electrons. The van der Waals surface area contributed by atoms with Gasteiger partial charge in [0.15, 0.2) is 11.6 Å². The smallest absolute Gasteiger partial charge is 0.384 e. The first-order chi connectivity index (χ1) is 10.8. The van der Waals surface area contributed by atoms with Crippen molar-refractivity contribution >= 4 is 17.3 Å². The average Bonchev–Trinajstić information content (AvgIpc) is 2.90. The molecule has 0 bridgehead atoms. The van der Waals surface area contributed by atoms with Gasteiger partial charge in [0.05, 0.1) is 12.3 Å². The molecule has 3 rings (SSSR count). The molecule has 8 heteroatoms. The van der Waals surface area contributed by atoms with Crippen LogP contribution in [0.15, 0.2) is 4.79 Å². The average molecular weight is 337 g/mol. The van der Waals surface area contributed by atoms with Crippen LogP contribution in [-0.4, -0.2) is 32.9 Å². The summed E-state index contributed by atoms with van der Waals surface area (Å²) in [4.78, 5) is 17.8. The minimum Gasteiger partial charge on any atom is -0.422 e. The van der Waals surface area contributed by atoms with Crippen molar-refractivity contribution in [2.75, 3.05) is 22.6 Å². The second-order valence-corrected chi connectivity index (χ2v) is 8.40. The molecular weight excluding hydrogens is 310 g/mol. The van der Waals surface area contributed by atoms with Crippen molar-refractivity contribution in [3.63, 3.8) is 0 Å². The van der Waals surface area contributed by atoms with Gasteiger partial charge in [0, 0.05) is 10.8 Å². The summed E-state index contributed by atoms with van der Waals surface area (Å²) in [6.07, 6.45) is 0. The highest BCUT2D eigenvalue weighted by atomic mass is 16.6. The largest absolute Gasteiger partial charge is 0.422 e. The van der Waals surface area contributed by atoms with Crippen LogP contribution < -0.4 is 21.6 Å². The molecule has 1 atom stereocenters. The van der Waals surface area contributed by atoms with Crippen LogP contribution in [0.25, 0.3) is 0 Å². The summed E-state index contributed by atoms with van der Waals surface area (Å²) in [5.41, 5.74) is 3.98. The molecule has 1 aromatic heterocycles. The molecule has 0 aliphatic carbocycles. The standard InChI is InChI=1S/C16H27N5O3/c1-13(2)14(3,4)16(7,24-15(13,5)6)20-8-18-9-10(17)21(23)12(22)19-11(9)20/h18,23H,8,17H2,1-7H3. The predicted molar refractivity (Wildman–Crippen MR) is 92.2 cm³/mol. The van der Waals surface area contributed by atoms with E-state index in [2.05, 4.69) is 51.8 Å². The van der Waals surface area contributed by atoms with Gasteiger partial charge in [-0.25, -0.2) is 4.79 Å². The van der Waals surface area contributed by atoms with Crippen LogP contribution in [0.1, 0.15) is 48.5 Å². The molecule has 1 fully saturated rings. The van der Waals surface area contributed by atoms with Crippen LogP contribution in [0, 0.1) is 10.8 Å². The minimum absolute atomic E-state index is 0.0505. The number of nitrogens with one attached hydrogen (secondary N) is 1. The zero-order valence-corrected chi connectivity index (χ0v) is 15.4. The van der Waals surface area contributed by atoms with E-state index in [1.54, 1.807) is 0 Å². The first-order valence-corrected chi connectivity index (χ1v) is 8.11. The highest BCUT2D eigenvalue weighted by Gasteiger charge is 2.68. The molecule has 1 saturated heterocycles. The molecule has 0 saturated carbocycles. The van der Waals surface area contributed by atoms with E-state index in [0.717, 1.165) is 0 Å². The molecular formula is C16H27N5O3.